The molecule has 3 nitrogen and oxygen atoms in total. The van der Waals surface area contributed by atoms with Gasteiger partial charge in [0, 0.05) is 16.7 Å². The van der Waals surface area contributed by atoms with E-state index in [4.69, 9.17) is 39.5 Å². The Kier molecular flexibility index (Phi) is 5.61. The number of allylic oxidation sites excluding steroid dienone is 1. The molecule has 0 amide bonds. The predicted molar refractivity (Wildman–Crippen MR) is 86.8 cm³/mol. The SMILES string of the molecule is O=C(/C=C/OC(=O)c1ccc(Cl)c(Cl)c1)c1ccc(Cl)cc1. The van der Waals surface area contributed by atoms with Gasteiger partial charge in [-0.15, -0.1) is 0 Å². The smallest absolute Gasteiger partial charge is 0.342 e. The van der Waals surface area contributed by atoms with E-state index in [9.17, 15) is 9.59 Å². The minimum Gasteiger partial charge on any atom is -0.431 e. The van der Waals surface area contributed by atoms with Gasteiger partial charge in [0.1, 0.15) is 0 Å². The Morgan fingerprint density at radius 1 is 0.864 bits per heavy atom. The van der Waals surface area contributed by atoms with E-state index in [0.29, 0.717) is 15.6 Å². The molecule has 0 heterocycles. The topological polar surface area (TPSA) is 43.4 Å². The largest absolute Gasteiger partial charge is 0.431 e. The fourth-order valence-electron chi connectivity index (χ4n) is 1.56. The standard InChI is InChI=1S/C16H9Cl3O3/c17-12-4-1-10(2-5-12)15(20)7-8-22-16(21)11-3-6-13(18)14(19)9-11/h1-9H/b8-7+. The number of ketones is 1. The average Bonchev–Trinajstić information content (AvgIpc) is 2.50. The summed E-state index contributed by atoms with van der Waals surface area (Å²) in [6.07, 6.45) is 2.18. The Morgan fingerprint density at radius 3 is 2.14 bits per heavy atom. The van der Waals surface area contributed by atoms with E-state index in [1.54, 1.807) is 24.3 Å². The molecular formula is C16H9Cl3O3. The third-order valence-electron chi connectivity index (χ3n) is 2.68. The van der Waals surface area contributed by atoms with Gasteiger partial charge in [0.25, 0.3) is 0 Å². The highest BCUT2D eigenvalue weighted by molar-refractivity contribution is 6.42. The van der Waals surface area contributed by atoms with E-state index in [1.807, 2.05) is 0 Å². The van der Waals surface area contributed by atoms with Crippen LogP contribution in [0.1, 0.15) is 20.7 Å². The summed E-state index contributed by atoms with van der Waals surface area (Å²) >= 11 is 17.3. The lowest BCUT2D eigenvalue weighted by Gasteiger charge is -2.01. The number of rotatable bonds is 4. The normalized spacial score (nSPS) is 10.7. The Morgan fingerprint density at radius 2 is 1.50 bits per heavy atom. The number of hydrogen-bond donors (Lipinski definition) is 0. The Balaban J connectivity index is 1.99. The monoisotopic (exact) mass is 354 g/mol. The van der Waals surface area contributed by atoms with Gasteiger partial charge in [0.2, 0.25) is 0 Å². The number of carbonyl (C=O) groups is 2. The van der Waals surface area contributed by atoms with Gasteiger partial charge in [-0.3, -0.25) is 4.79 Å². The van der Waals surface area contributed by atoms with Crippen molar-refractivity contribution >= 4 is 46.6 Å². The number of ether oxygens (including phenoxy) is 1. The Hall–Kier alpha value is -1.81. The minimum atomic E-state index is -0.640. The zero-order valence-electron chi connectivity index (χ0n) is 11.1. The summed E-state index contributed by atoms with van der Waals surface area (Å²) in [5, 5.41) is 1.12. The van der Waals surface area contributed by atoms with Gasteiger partial charge in [-0.05, 0) is 42.5 Å². The number of hydrogen-bond acceptors (Lipinski definition) is 3. The zero-order chi connectivity index (χ0) is 16.1. The molecule has 0 aliphatic carbocycles. The highest BCUT2D eigenvalue weighted by Gasteiger charge is 2.08. The first kappa shape index (κ1) is 16.6. The van der Waals surface area contributed by atoms with Crippen LogP contribution >= 0.6 is 34.8 Å². The van der Waals surface area contributed by atoms with Crippen LogP contribution in [0, 0.1) is 0 Å². The molecule has 0 atom stereocenters. The van der Waals surface area contributed by atoms with Gasteiger partial charge < -0.3 is 4.74 Å². The quantitative estimate of drug-likeness (QED) is 0.328. The lowest BCUT2D eigenvalue weighted by atomic mass is 10.1. The van der Waals surface area contributed by atoms with Crippen LogP contribution in [0.25, 0.3) is 0 Å². The van der Waals surface area contributed by atoms with E-state index in [-0.39, 0.29) is 16.4 Å². The molecule has 112 valence electrons. The van der Waals surface area contributed by atoms with Crippen molar-refractivity contribution in [2.45, 2.75) is 0 Å². The molecule has 0 saturated carbocycles. The van der Waals surface area contributed by atoms with Crippen molar-refractivity contribution in [1.82, 2.24) is 0 Å². The third kappa shape index (κ3) is 4.34. The minimum absolute atomic E-state index is 0.234. The maximum atomic E-state index is 11.8. The van der Waals surface area contributed by atoms with Crippen LogP contribution in [0.5, 0.6) is 0 Å². The van der Waals surface area contributed by atoms with Crippen molar-refractivity contribution in [2.24, 2.45) is 0 Å². The van der Waals surface area contributed by atoms with Gasteiger partial charge >= 0.3 is 5.97 Å². The molecule has 0 aliphatic rings. The van der Waals surface area contributed by atoms with Gasteiger partial charge in [0.05, 0.1) is 21.9 Å². The third-order valence-corrected chi connectivity index (χ3v) is 3.67. The highest BCUT2D eigenvalue weighted by Crippen LogP contribution is 2.22. The van der Waals surface area contributed by atoms with E-state index >= 15 is 0 Å². The zero-order valence-corrected chi connectivity index (χ0v) is 13.3. The van der Waals surface area contributed by atoms with Crippen molar-refractivity contribution in [2.75, 3.05) is 0 Å². The predicted octanol–water partition coefficient (Wildman–Crippen LogP) is 5.20. The second-order valence-electron chi connectivity index (χ2n) is 4.21. The summed E-state index contributed by atoms with van der Waals surface area (Å²) in [5.41, 5.74) is 0.671. The average molecular weight is 356 g/mol. The second kappa shape index (κ2) is 7.45. The highest BCUT2D eigenvalue weighted by atomic mass is 35.5. The Bertz CT molecular complexity index is 737. The summed E-state index contributed by atoms with van der Waals surface area (Å²) < 4.78 is 4.87. The molecule has 2 aromatic carbocycles. The van der Waals surface area contributed by atoms with Crippen LogP contribution in [0.15, 0.2) is 54.8 Å². The summed E-state index contributed by atoms with van der Waals surface area (Å²) in [4.78, 5) is 23.6. The molecule has 0 saturated heterocycles. The van der Waals surface area contributed by atoms with Gasteiger partial charge in [0.15, 0.2) is 5.78 Å². The number of halogens is 3. The Labute approximate surface area is 142 Å². The number of esters is 1. The molecule has 6 heteroatoms. The summed E-state index contributed by atoms with van der Waals surface area (Å²) in [6, 6.07) is 10.7. The van der Waals surface area contributed by atoms with Gasteiger partial charge in [-0.25, -0.2) is 4.79 Å². The van der Waals surface area contributed by atoms with Gasteiger partial charge in [-0.2, -0.15) is 0 Å². The molecule has 0 fully saturated rings. The molecule has 0 aliphatic heterocycles. The molecule has 0 N–H and O–H groups in total. The van der Waals surface area contributed by atoms with Crippen LogP contribution in [-0.2, 0) is 4.74 Å². The summed E-state index contributed by atoms with van der Waals surface area (Å²) in [5.74, 6) is -0.947. The van der Waals surface area contributed by atoms with Crippen molar-refractivity contribution in [3.63, 3.8) is 0 Å². The molecule has 22 heavy (non-hydrogen) atoms. The van der Waals surface area contributed by atoms with Gasteiger partial charge in [-0.1, -0.05) is 34.8 Å². The molecular weight excluding hydrogens is 347 g/mol. The van der Waals surface area contributed by atoms with E-state index in [2.05, 4.69) is 0 Å². The van der Waals surface area contributed by atoms with Crippen molar-refractivity contribution < 1.29 is 14.3 Å². The summed E-state index contributed by atoms with van der Waals surface area (Å²) in [6.45, 7) is 0. The maximum absolute atomic E-state index is 11.8. The molecule has 0 unspecified atom stereocenters. The first-order chi connectivity index (χ1) is 10.5. The lowest BCUT2D eigenvalue weighted by Crippen LogP contribution is -2.01. The van der Waals surface area contributed by atoms with Crippen LogP contribution < -0.4 is 0 Å². The van der Waals surface area contributed by atoms with E-state index in [1.165, 1.54) is 18.2 Å². The van der Waals surface area contributed by atoms with Crippen LogP contribution in [0.3, 0.4) is 0 Å². The fraction of sp³-hybridized carbons (Fsp3) is 0. The maximum Gasteiger partial charge on any atom is 0.342 e. The molecule has 0 spiro atoms. The van der Waals surface area contributed by atoms with E-state index in [0.717, 1.165) is 12.3 Å². The van der Waals surface area contributed by atoms with Crippen molar-refractivity contribution in [1.29, 1.82) is 0 Å². The van der Waals surface area contributed by atoms with Crippen LogP contribution in [0.2, 0.25) is 15.1 Å². The second-order valence-corrected chi connectivity index (χ2v) is 5.46. The van der Waals surface area contributed by atoms with E-state index < -0.39 is 5.97 Å². The van der Waals surface area contributed by atoms with Crippen molar-refractivity contribution in [3.05, 3.63) is 81.0 Å². The first-order valence-electron chi connectivity index (χ1n) is 6.10. The fourth-order valence-corrected chi connectivity index (χ4v) is 1.98. The van der Waals surface area contributed by atoms with Crippen LogP contribution in [0.4, 0.5) is 0 Å². The van der Waals surface area contributed by atoms with Crippen molar-refractivity contribution in [3.8, 4) is 0 Å². The molecule has 0 aromatic heterocycles. The number of carbonyl (C=O) groups excluding carboxylic acids is 2. The number of benzene rings is 2. The molecule has 0 radical (unpaired) electrons. The summed E-state index contributed by atoms with van der Waals surface area (Å²) in [7, 11) is 0. The molecule has 2 rings (SSSR count). The molecule has 0 bridgehead atoms. The lowest BCUT2D eigenvalue weighted by molar-refractivity contribution is 0.0662. The van der Waals surface area contributed by atoms with Crippen LogP contribution in [-0.4, -0.2) is 11.8 Å². The molecule has 2 aromatic rings. The first-order valence-corrected chi connectivity index (χ1v) is 7.23.